The summed E-state index contributed by atoms with van der Waals surface area (Å²) >= 11 is 1.58. The third-order valence-electron chi connectivity index (χ3n) is 3.97. The van der Waals surface area contributed by atoms with Gasteiger partial charge in [0.1, 0.15) is 5.75 Å². The average molecular weight is 331 g/mol. The van der Waals surface area contributed by atoms with Crippen LogP contribution in [-0.2, 0) is 16.1 Å². The van der Waals surface area contributed by atoms with Crippen molar-refractivity contribution in [3.63, 3.8) is 0 Å². The van der Waals surface area contributed by atoms with E-state index in [0.29, 0.717) is 18.7 Å². The molecule has 0 bridgehead atoms. The minimum Gasteiger partial charge on any atom is -0.497 e. The van der Waals surface area contributed by atoms with Crippen LogP contribution >= 0.6 is 11.3 Å². The monoisotopic (exact) mass is 331 g/mol. The molecule has 1 aromatic heterocycles. The number of hydrogen-bond donors (Lipinski definition) is 1. The van der Waals surface area contributed by atoms with E-state index in [1.807, 2.05) is 29.6 Å². The van der Waals surface area contributed by atoms with Crippen LogP contribution in [0, 0.1) is 11.8 Å². The van der Waals surface area contributed by atoms with Gasteiger partial charge in [0.2, 0.25) is 5.91 Å². The molecule has 1 aliphatic carbocycles. The van der Waals surface area contributed by atoms with Crippen LogP contribution in [0.25, 0.3) is 0 Å². The van der Waals surface area contributed by atoms with Crippen LogP contribution in [-0.4, -0.2) is 24.1 Å². The third-order valence-corrected chi connectivity index (χ3v) is 4.83. The van der Waals surface area contributed by atoms with Crippen LogP contribution in [0.3, 0.4) is 0 Å². The zero-order valence-corrected chi connectivity index (χ0v) is 13.5. The van der Waals surface area contributed by atoms with Gasteiger partial charge in [-0.2, -0.15) is 0 Å². The Labute approximate surface area is 138 Å². The predicted octanol–water partition coefficient (Wildman–Crippen LogP) is 3.01. The zero-order chi connectivity index (χ0) is 16.4. The van der Waals surface area contributed by atoms with Crippen molar-refractivity contribution in [1.82, 2.24) is 0 Å². The first-order valence-corrected chi connectivity index (χ1v) is 8.18. The number of carbonyl (C=O) groups excluding carboxylic acids is 1. The summed E-state index contributed by atoms with van der Waals surface area (Å²) < 4.78 is 5.14. The maximum atomic E-state index is 12.7. The first-order valence-electron chi connectivity index (χ1n) is 7.30. The number of carboxylic acids is 1. The van der Waals surface area contributed by atoms with Gasteiger partial charge in [-0.05, 0) is 42.1 Å². The summed E-state index contributed by atoms with van der Waals surface area (Å²) in [4.78, 5) is 26.5. The average Bonchev–Trinajstić information content (AvgIpc) is 3.21. The topological polar surface area (TPSA) is 66.8 Å². The van der Waals surface area contributed by atoms with Crippen molar-refractivity contribution in [1.29, 1.82) is 0 Å². The van der Waals surface area contributed by atoms with E-state index in [9.17, 15) is 9.59 Å². The molecule has 1 aromatic carbocycles. The molecule has 1 fully saturated rings. The van der Waals surface area contributed by atoms with E-state index < -0.39 is 17.8 Å². The van der Waals surface area contributed by atoms with E-state index in [4.69, 9.17) is 9.84 Å². The molecule has 1 N–H and O–H groups in total. The molecule has 3 rings (SSSR count). The molecule has 1 saturated carbocycles. The lowest BCUT2D eigenvalue weighted by atomic mass is 10.2. The molecule has 0 aliphatic heterocycles. The van der Waals surface area contributed by atoms with Crippen LogP contribution in [0.5, 0.6) is 5.75 Å². The van der Waals surface area contributed by atoms with Gasteiger partial charge < -0.3 is 14.7 Å². The molecule has 6 heteroatoms. The molecule has 0 unspecified atom stereocenters. The van der Waals surface area contributed by atoms with Gasteiger partial charge in [0.15, 0.2) is 0 Å². The fourth-order valence-corrected chi connectivity index (χ4v) is 3.25. The summed E-state index contributed by atoms with van der Waals surface area (Å²) in [6.45, 7) is 0.450. The van der Waals surface area contributed by atoms with Crippen molar-refractivity contribution >= 4 is 28.9 Å². The number of carbonyl (C=O) groups is 2. The molecular formula is C17H17NO4S. The molecule has 1 amide bonds. The Morgan fingerprint density at radius 3 is 2.52 bits per heavy atom. The molecule has 2 aromatic rings. The number of ether oxygens (including phenoxy) is 1. The molecule has 1 heterocycles. The van der Waals surface area contributed by atoms with E-state index in [0.717, 1.165) is 10.6 Å². The lowest BCUT2D eigenvalue weighted by molar-refractivity contribution is -0.140. The standard InChI is InChI=1S/C17H17NO4S/c1-22-12-6-4-11(5-7-12)18(10-13-3-2-8-23-13)16(19)14-9-15(14)17(20)21/h2-8,14-15H,9-10H2,1H3,(H,20,21)/t14-,15-/m1/s1. The highest BCUT2D eigenvalue weighted by atomic mass is 32.1. The number of hydrogen-bond acceptors (Lipinski definition) is 4. The molecule has 1 aliphatic rings. The SMILES string of the molecule is COc1ccc(N(Cc2cccs2)C(=O)[C@@H]2C[C@H]2C(=O)O)cc1. The molecule has 2 atom stereocenters. The Morgan fingerprint density at radius 2 is 2.00 bits per heavy atom. The maximum absolute atomic E-state index is 12.7. The fraction of sp³-hybridized carbons (Fsp3) is 0.294. The van der Waals surface area contributed by atoms with Gasteiger partial charge in [-0.15, -0.1) is 11.3 Å². The summed E-state index contributed by atoms with van der Waals surface area (Å²) in [6, 6.07) is 11.1. The Bertz CT molecular complexity index is 696. The number of amides is 1. The molecule has 0 radical (unpaired) electrons. The van der Waals surface area contributed by atoms with Gasteiger partial charge in [0.05, 0.1) is 25.5 Å². The third kappa shape index (κ3) is 3.37. The normalized spacial score (nSPS) is 19.2. The fourth-order valence-electron chi connectivity index (χ4n) is 2.56. The van der Waals surface area contributed by atoms with Crippen molar-refractivity contribution < 1.29 is 19.4 Å². The van der Waals surface area contributed by atoms with Crippen LogP contribution < -0.4 is 9.64 Å². The van der Waals surface area contributed by atoms with Crippen LogP contribution in [0.1, 0.15) is 11.3 Å². The molecular weight excluding hydrogens is 314 g/mol. The Kier molecular flexibility index (Phi) is 4.34. The van der Waals surface area contributed by atoms with E-state index in [1.165, 1.54) is 0 Å². The van der Waals surface area contributed by atoms with Gasteiger partial charge in [-0.3, -0.25) is 9.59 Å². The van der Waals surface area contributed by atoms with Crippen molar-refractivity contribution in [3.05, 3.63) is 46.7 Å². The smallest absolute Gasteiger partial charge is 0.307 e. The minimum atomic E-state index is -0.894. The van der Waals surface area contributed by atoms with Gasteiger partial charge in [-0.1, -0.05) is 6.07 Å². The first-order chi connectivity index (χ1) is 11.1. The molecule has 5 nitrogen and oxygen atoms in total. The van der Waals surface area contributed by atoms with E-state index in [1.54, 1.807) is 35.5 Å². The lowest BCUT2D eigenvalue weighted by Crippen LogP contribution is -2.32. The van der Waals surface area contributed by atoms with Crippen molar-refractivity contribution in [2.24, 2.45) is 11.8 Å². The van der Waals surface area contributed by atoms with Crippen molar-refractivity contribution in [2.75, 3.05) is 12.0 Å². The highest BCUT2D eigenvalue weighted by Gasteiger charge is 2.50. The van der Waals surface area contributed by atoms with E-state index >= 15 is 0 Å². The van der Waals surface area contributed by atoms with Crippen molar-refractivity contribution in [2.45, 2.75) is 13.0 Å². The number of carboxylic acid groups (broad SMARTS) is 1. The number of methoxy groups -OCH3 is 1. The second kappa shape index (κ2) is 6.42. The largest absolute Gasteiger partial charge is 0.497 e. The molecule has 0 spiro atoms. The summed E-state index contributed by atoms with van der Waals surface area (Å²) in [6.07, 6.45) is 0.422. The van der Waals surface area contributed by atoms with Gasteiger partial charge >= 0.3 is 5.97 Å². The van der Waals surface area contributed by atoms with Crippen LogP contribution in [0.2, 0.25) is 0 Å². The quantitative estimate of drug-likeness (QED) is 0.883. The van der Waals surface area contributed by atoms with Gasteiger partial charge in [0, 0.05) is 10.6 Å². The van der Waals surface area contributed by atoms with E-state index in [-0.39, 0.29) is 5.91 Å². The summed E-state index contributed by atoms with van der Waals surface area (Å²) in [5, 5.41) is 11.0. The minimum absolute atomic E-state index is 0.129. The molecule has 23 heavy (non-hydrogen) atoms. The zero-order valence-electron chi connectivity index (χ0n) is 12.6. The number of nitrogens with zero attached hydrogens (tertiary/aromatic N) is 1. The Balaban J connectivity index is 1.84. The second-order valence-corrected chi connectivity index (χ2v) is 6.52. The van der Waals surface area contributed by atoms with Gasteiger partial charge in [-0.25, -0.2) is 0 Å². The highest BCUT2D eigenvalue weighted by molar-refractivity contribution is 7.09. The second-order valence-electron chi connectivity index (χ2n) is 5.49. The lowest BCUT2D eigenvalue weighted by Gasteiger charge is -2.22. The van der Waals surface area contributed by atoms with Crippen LogP contribution in [0.4, 0.5) is 5.69 Å². The van der Waals surface area contributed by atoms with E-state index in [2.05, 4.69) is 0 Å². The van der Waals surface area contributed by atoms with Crippen LogP contribution in [0.15, 0.2) is 41.8 Å². The maximum Gasteiger partial charge on any atom is 0.307 e. The highest BCUT2D eigenvalue weighted by Crippen LogP contribution is 2.41. The number of aliphatic carboxylic acids is 1. The molecule has 120 valence electrons. The number of anilines is 1. The van der Waals surface area contributed by atoms with Crippen molar-refractivity contribution in [3.8, 4) is 5.75 Å². The predicted molar refractivity (Wildman–Crippen MR) is 87.7 cm³/mol. The number of rotatable bonds is 6. The molecule has 0 saturated heterocycles. The van der Waals surface area contributed by atoms with Gasteiger partial charge in [0.25, 0.3) is 0 Å². The number of benzene rings is 1. The summed E-state index contributed by atoms with van der Waals surface area (Å²) in [7, 11) is 1.59. The number of thiophene rings is 1. The first kappa shape index (κ1) is 15.6. The summed E-state index contributed by atoms with van der Waals surface area (Å²) in [5.41, 5.74) is 0.750. The Hall–Kier alpha value is -2.34. The summed E-state index contributed by atoms with van der Waals surface area (Å²) in [5.74, 6) is -1.28. The Morgan fingerprint density at radius 1 is 1.26 bits per heavy atom.